The SMILES string of the molecule is CN(Cc1cccc(Br)c1)S(=O)(=O)c1ccc(Br)cc1. The highest BCUT2D eigenvalue weighted by Gasteiger charge is 2.20. The van der Waals surface area contributed by atoms with Gasteiger partial charge < -0.3 is 0 Å². The van der Waals surface area contributed by atoms with Crippen molar-refractivity contribution in [3.05, 3.63) is 63.0 Å². The second-order valence-electron chi connectivity index (χ2n) is 4.34. The summed E-state index contributed by atoms with van der Waals surface area (Å²) in [6.07, 6.45) is 0. The molecule has 2 aromatic carbocycles. The van der Waals surface area contributed by atoms with Crippen molar-refractivity contribution in [2.45, 2.75) is 11.4 Å². The number of hydrogen-bond donors (Lipinski definition) is 0. The van der Waals surface area contributed by atoms with Gasteiger partial charge in [0.1, 0.15) is 0 Å². The lowest BCUT2D eigenvalue weighted by Gasteiger charge is -2.17. The minimum atomic E-state index is -3.47. The van der Waals surface area contributed by atoms with Gasteiger partial charge in [-0.25, -0.2) is 8.42 Å². The fourth-order valence-corrected chi connectivity index (χ4v) is 3.63. The molecule has 0 aliphatic rings. The molecule has 6 heteroatoms. The maximum Gasteiger partial charge on any atom is 0.243 e. The van der Waals surface area contributed by atoms with Crippen molar-refractivity contribution in [3.63, 3.8) is 0 Å². The maximum absolute atomic E-state index is 12.4. The Kier molecular flexibility index (Phi) is 5.01. The molecule has 0 heterocycles. The third-order valence-corrected chi connectivity index (χ3v) is 5.66. The molecule has 0 N–H and O–H groups in total. The second-order valence-corrected chi connectivity index (χ2v) is 8.22. The maximum atomic E-state index is 12.4. The molecule has 106 valence electrons. The van der Waals surface area contributed by atoms with Gasteiger partial charge in [0.25, 0.3) is 0 Å². The van der Waals surface area contributed by atoms with Crippen molar-refractivity contribution in [1.29, 1.82) is 0 Å². The molecule has 2 rings (SSSR count). The van der Waals surface area contributed by atoms with E-state index in [0.29, 0.717) is 6.54 Å². The third-order valence-electron chi connectivity index (χ3n) is 2.82. The highest BCUT2D eigenvalue weighted by molar-refractivity contribution is 9.10. The molecule has 0 spiro atoms. The predicted octanol–water partition coefficient (Wildman–Crippen LogP) is 4.03. The quantitative estimate of drug-likeness (QED) is 0.751. The van der Waals surface area contributed by atoms with Crippen LogP contribution in [0.5, 0.6) is 0 Å². The molecule has 2 aromatic rings. The molecule has 0 fully saturated rings. The van der Waals surface area contributed by atoms with Crippen LogP contribution in [0.25, 0.3) is 0 Å². The first kappa shape index (κ1) is 15.7. The molecule has 0 radical (unpaired) electrons. The van der Waals surface area contributed by atoms with E-state index < -0.39 is 10.0 Å². The fraction of sp³-hybridized carbons (Fsp3) is 0.143. The average molecular weight is 419 g/mol. The number of sulfonamides is 1. The van der Waals surface area contributed by atoms with Crippen LogP contribution in [0, 0.1) is 0 Å². The molecule has 20 heavy (non-hydrogen) atoms. The monoisotopic (exact) mass is 417 g/mol. The van der Waals surface area contributed by atoms with Crippen molar-refractivity contribution in [1.82, 2.24) is 4.31 Å². The minimum absolute atomic E-state index is 0.290. The van der Waals surface area contributed by atoms with Crippen LogP contribution >= 0.6 is 31.9 Å². The summed E-state index contributed by atoms with van der Waals surface area (Å²) < 4.78 is 28.0. The Morgan fingerprint density at radius 1 is 1.00 bits per heavy atom. The first-order chi connectivity index (χ1) is 9.39. The lowest BCUT2D eigenvalue weighted by molar-refractivity contribution is 0.466. The van der Waals surface area contributed by atoms with E-state index in [0.717, 1.165) is 14.5 Å². The van der Waals surface area contributed by atoms with Gasteiger partial charge in [-0.15, -0.1) is 0 Å². The van der Waals surface area contributed by atoms with Gasteiger partial charge in [0, 0.05) is 22.5 Å². The van der Waals surface area contributed by atoms with Gasteiger partial charge in [-0.1, -0.05) is 44.0 Å². The first-order valence-corrected chi connectivity index (χ1v) is 8.88. The molecule has 0 aliphatic heterocycles. The largest absolute Gasteiger partial charge is 0.243 e. The molecular formula is C14H13Br2NO2S. The van der Waals surface area contributed by atoms with Crippen LogP contribution in [0.3, 0.4) is 0 Å². The van der Waals surface area contributed by atoms with Crippen LogP contribution in [0.4, 0.5) is 0 Å². The Labute approximate surface area is 135 Å². The highest BCUT2D eigenvalue weighted by atomic mass is 79.9. The zero-order valence-electron chi connectivity index (χ0n) is 10.8. The Morgan fingerprint density at radius 2 is 1.65 bits per heavy atom. The van der Waals surface area contributed by atoms with Gasteiger partial charge in [-0.3, -0.25) is 0 Å². The summed E-state index contributed by atoms with van der Waals surface area (Å²) in [5, 5.41) is 0. The van der Waals surface area contributed by atoms with Gasteiger partial charge in [-0.05, 0) is 42.0 Å². The van der Waals surface area contributed by atoms with Crippen LogP contribution < -0.4 is 0 Å². The van der Waals surface area contributed by atoms with E-state index in [2.05, 4.69) is 31.9 Å². The normalized spacial score (nSPS) is 11.8. The second kappa shape index (κ2) is 6.39. The van der Waals surface area contributed by atoms with Crippen molar-refractivity contribution in [2.75, 3.05) is 7.05 Å². The number of halogens is 2. The molecule has 0 bridgehead atoms. The zero-order valence-corrected chi connectivity index (χ0v) is 14.7. The van der Waals surface area contributed by atoms with Crippen molar-refractivity contribution < 1.29 is 8.42 Å². The van der Waals surface area contributed by atoms with Crippen molar-refractivity contribution in [3.8, 4) is 0 Å². The fourth-order valence-electron chi connectivity index (χ4n) is 1.76. The minimum Gasteiger partial charge on any atom is -0.207 e. The lowest BCUT2D eigenvalue weighted by atomic mass is 10.2. The van der Waals surface area contributed by atoms with E-state index in [9.17, 15) is 8.42 Å². The van der Waals surface area contributed by atoms with E-state index in [4.69, 9.17) is 0 Å². The molecule has 3 nitrogen and oxygen atoms in total. The van der Waals surface area contributed by atoms with Gasteiger partial charge in [0.05, 0.1) is 4.90 Å². The van der Waals surface area contributed by atoms with Crippen LogP contribution in [0.1, 0.15) is 5.56 Å². The molecule has 0 amide bonds. The molecule has 0 aromatic heterocycles. The summed E-state index contributed by atoms with van der Waals surface area (Å²) in [6, 6.07) is 14.2. The molecule has 0 atom stereocenters. The van der Waals surface area contributed by atoms with Crippen LogP contribution in [-0.4, -0.2) is 19.8 Å². The Morgan fingerprint density at radius 3 is 2.25 bits per heavy atom. The number of rotatable bonds is 4. The topological polar surface area (TPSA) is 37.4 Å². The Hall–Kier alpha value is -0.690. The Balaban J connectivity index is 2.23. The van der Waals surface area contributed by atoms with E-state index >= 15 is 0 Å². The van der Waals surface area contributed by atoms with E-state index in [-0.39, 0.29) is 4.90 Å². The number of nitrogens with zero attached hydrogens (tertiary/aromatic N) is 1. The smallest absolute Gasteiger partial charge is 0.207 e. The summed E-state index contributed by atoms with van der Waals surface area (Å²) in [4.78, 5) is 0.290. The predicted molar refractivity (Wildman–Crippen MR) is 86.9 cm³/mol. The summed E-state index contributed by atoms with van der Waals surface area (Å²) in [5.41, 5.74) is 0.933. The van der Waals surface area contributed by atoms with E-state index in [1.807, 2.05) is 24.3 Å². The third kappa shape index (κ3) is 3.69. The van der Waals surface area contributed by atoms with Crippen LogP contribution in [0.15, 0.2) is 62.4 Å². The van der Waals surface area contributed by atoms with Gasteiger partial charge >= 0.3 is 0 Å². The molecule has 0 saturated heterocycles. The number of hydrogen-bond acceptors (Lipinski definition) is 2. The average Bonchev–Trinajstić information content (AvgIpc) is 2.39. The molecule has 0 unspecified atom stereocenters. The van der Waals surface area contributed by atoms with Crippen LogP contribution in [0.2, 0.25) is 0 Å². The van der Waals surface area contributed by atoms with E-state index in [1.54, 1.807) is 31.3 Å². The van der Waals surface area contributed by atoms with Crippen LogP contribution in [-0.2, 0) is 16.6 Å². The van der Waals surface area contributed by atoms with Gasteiger partial charge in [0.15, 0.2) is 0 Å². The summed E-state index contributed by atoms with van der Waals surface area (Å²) in [6.45, 7) is 0.331. The number of benzene rings is 2. The Bertz CT molecular complexity index is 699. The first-order valence-electron chi connectivity index (χ1n) is 5.86. The molecule has 0 saturated carbocycles. The summed E-state index contributed by atoms with van der Waals surface area (Å²) in [7, 11) is -1.89. The van der Waals surface area contributed by atoms with E-state index in [1.165, 1.54) is 4.31 Å². The summed E-state index contributed by atoms with van der Waals surface area (Å²) >= 11 is 6.68. The van der Waals surface area contributed by atoms with Gasteiger partial charge in [0.2, 0.25) is 10.0 Å². The lowest BCUT2D eigenvalue weighted by Crippen LogP contribution is -2.26. The van der Waals surface area contributed by atoms with Crippen molar-refractivity contribution >= 4 is 41.9 Å². The van der Waals surface area contributed by atoms with Crippen molar-refractivity contribution in [2.24, 2.45) is 0 Å². The summed E-state index contributed by atoms with van der Waals surface area (Å²) in [5.74, 6) is 0. The highest BCUT2D eigenvalue weighted by Crippen LogP contribution is 2.20. The molecular weight excluding hydrogens is 406 g/mol. The standard InChI is InChI=1S/C14H13Br2NO2S/c1-17(10-11-3-2-4-13(16)9-11)20(18,19)14-7-5-12(15)6-8-14/h2-9H,10H2,1H3. The molecule has 0 aliphatic carbocycles. The zero-order chi connectivity index (χ0) is 14.8. The van der Waals surface area contributed by atoms with Gasteiger partial charge in [-0.2, -0.15) is 4.31 Å².